The minimum absolute atomic E-state index is 0.00610. The molecule has 194 valence electrons. The van der Waals surface area contributed by atoms with Gasteiger partial charge in [0.15, 0.2) is 9.92 Å². The van der Waals surface area contributed by atoms with Gasteiger partial charge in [0, 0.05) is 6.20 Å². The molecule has 2 aromatic carbocycles. The molecule has 0 spiro atoms. The molecule has 0 bridgehead atoms. The normalized spacial score (nSPS) is 13.8. The van der Waals surface area contributed by atoms with Gasteiger partial charge in [-0.15, -0.1) is 15.7 Å². The number of nitrogens with zero attached hydrogens (tertiary/aromatic N) is 2. The highest BCUT2D eigenvalue weighted by Crippen LogP contribution is 2.35. The molecular weight excluding hydrogens is 490 g/mol. The van der Waals surface area contributed by atoms with Gasteiger partial charge in [-0.1, -0.05) is 58.0 Å². The second kappa shape index (κ2) is 10.5. The number of aryl methyl sites for hydroxylation is 2. The lowest BCUT2D eigenvalue weighted by molar-refractivity contribution is -0.117. The van der Waals surface area contributed by atoms with E-state index in [0.717, 1.165) is 39.2 Å². The Hall–Kier alpha value is -2.39. The van der Waals surface area contributed by atoms with E-state index in [1.807, 2.05) is 0 Å². The first-order chi connectivity index (χ1) is 16.6. The van der Waals surface area contributed by atoms with Crippen molar-refractivity contribution < 1.29 is 14.1 Å². The second-order valence-electron chi connectivity index (χ2n) is 10.5. The molecular formula is C28H37N3O3S2. The SMILES string of the molecule is Cc1ccc(-c2cc(C(C)C)c(CC(=O)N=S(N)(=O)c3ncc(C(C)(C)O)s3)c(C(C)C)c2)cc1C. The van der Waals surface area contributed by atoms with E-state index in [1.54, 1.807) is 13.8 Å². The number of rotatable bonds is 7. The van der Waals surface area contributed by atoms with Crippen LogP contribution in [0.15, 0.2) is 45.2 Å². The summed E-state index contributed by atoms with van der Waals surface area (Å²) >= 11 is 1.01. The van der Waals surface area contributed by atoms with E-state index in [2.05, 4.69) is 81.2 Å². The van der Waals surface area contributed by atoms with E-state index in [4.69, 9.17) is 5.14 Å². The van der Waals surface area contributed by atoms with Crippen LogP contribution in [0.3, 0.4) is 0 Å². The lowest BCUT2D eigenvalue weighted by Gasteiger charge is -2.21. The van der Waals surface area contributed by atoms with Crippen molar-refractivity contribution in [2.45, 2.75) is 83.6 Å². The average Bonchev–Trinajstić information content (AvgIpc) is 3.27. The molecule has 36 heavy (non-hydrogen) atoms. The standard InChI is InChI=1S/C28H37N3O3S2/c1-16(2)22-12-21(20-10-9-18(5)19(6)11-20)13-23(17(3)4)24(22)14-26(32)31-36(29,34)27-30-15-25(35-27)28(7,8)33/h9-13,15-17,33H,14H2,1-8H3,(H2,29,31,32,34). The van der Waals surface area contributed by atoms with Crippen molar-refractivity contribution in [2.75, 3.05) is 0 Å². The van der Waals surface area contributed by atoms with Crippen LogP contribution in [0.4, 0.5) is 0 Å². The molecule has 0 radical (unpaired) electrons. The summed E-state index contributed by atoms with van der Waals surface area (Å²) in [6.07, 6.45) is 1.43. The molecule has 0 aliphatic carbocycles. The molecule has 1 amide bonds. The summed E-state index contributed by atoms with van der Waals surface area (Å²) in [5, 5.41) is 16.2. The van der Waals surface area contributed by atoms with Gasteiger partial charge in [-0.2, -0.15) is 0 Å². The number of benzene rings is 2. The number of hydrogen-bond donors (Lipinski definition) is 2. The average molecular weight is 528 g/mol. The van der Waals surface area contributed by atoms with Gasteiger partial charge < -0.3 is 5.11 Å². The fourth-order valence-electron chi connectivity index (χ4n) is 4.09. The number of nitrogens with two attached hydrogens (primary N) is 1. The van der Waals surface area contributed by atoms with Gasteiger partial charge in [0.2, 0.25) is 4.34 Å². The quantitative estimate of drug-likeness (QED) is 0.372. The van der Waals surface area contributed by atoms with E-state index in [0.29, 0.717) is 4.88 Å². The Kier molecular flexibility index (Phi) is 8.25. The van der Waals surface area contributed by atoms with Crippen LogP contribution in [0, 0.1) is 13.8 Å². The Labute approximate surface area is 219 Å². The molecule has 0 aliphatic rings. The van der Waals surface area contributed by atoms with Crippen molar-refractivity contribution >= 4 is 27.2 Å². The van der Waals surface area contributed by atoms with Crippen LogP contribution in [-0.2, 0) is 26.7 Å². The van der Waals surface area contributed by atoms with E-state index >= 15 is 0 Å². The highest BCUT2D eigenvalue weighted by molar-refractivity contribution is 7.93. The molecule has 1 unspecified atom stereocenters. The van der Waals surface area contributed by atoms with Gasteiger partial charge in [0.1, 0.15) is 0 Å². The fourth-order valence-corrected chi connectivity index (χ4v) is 6.25. The lowest BCUT2D eigenvalue weighted by Crippen LogP contribution is -2.17. The molecule has 0 saturated heterocycles. The van der Waals surface area contributed by atoms with E-state index in [-0.39, 0.29) is 22.6 Å². The van der Waals surface area contributed by atoms with Gasteiger partial charge in [-0.3, -0.25) is 4.79 Å². The van der Waals surface area contributed by atoms with Gasteiger partial charge >= 0.3 is 0 Å². The summed E-state index contributed by atoms with van der Waals surface area (Å²) in [4.78, 5) is 17.7. The maximum atomic E-state index is 13.1. The molecule has 3 rings (SSSR count). The maximum Gasteiger partial charge on any atom is 0.259 e. The summed E-state index contributed by atoms with van der Waals surface area (Å²) in [7, 11) is -3.52. The summed E-state index contributed by atoms with van der Waals surface area (Å²) < 4.78 is 17.1. The molecule has 8 heteroatoms. The third-order valence-corrected chi connectivity index (χ3v) is 9.46. The summed E-state index contributed by atoms with van der Waals surface area (Å²) in [6, 6.07) is 10.8. The zero-order chi connectivity index (χ0) is 27.0. The van der Waals surface area contributed by atoms with E-state index < -0.39 is 21.4 Å². The van der Waals surface area contributed by atoms with E-state index in [1.165, 1.54) is 17.3 Å². The van der Waals surface area contributed by atoms with Crippen molar-refractivity contribution in [1.29, 1.82) is 0 Å². The number of thiazole rings is 1. The minimum Gasteiger partial charge on any atom is -0.385 e. The molecule has 3 N–H and O–H groups in total. The van der Waals surface area contributed by atoms with Crippen LogP contribution in [0.25, 0.3) is 11.1 Å². The van der Waals surface area contributed by atoms with Gasteiger partial charge in [-0.05, 0) is 78.5 Å². The van der Waals surface area contributed by atoms with Crippen LogP contribution in [0.2, 0.25) is 0 Å². The smallest absolute Gasteiger partial charge is 0.259 e. The van der Waals surface area contributed by atoms with Crippen LogP contribution >= 0.6 is 11.3 Å². The number of carbonyl (C=O) groups is 1. The van der Waals surface area contributed by atoms with Crippen LogP contribution < -0.4 is 5.14 Å². The van der Waals surface area contributed by atoms with Crippen molar-refractivity contribution in [3.8, 4) is 11.1 Å². The van der Waals surface area contributed by atoms with Crippen LogP contribution in [0.1, 0.15) is 86.1 Å². The molecule has 1 heterocycles. The Bertz CT molecular complexity index is 1380. The fraction of sp³-hybridized carbons (Fsp3) is 0.429. The highest BCUT2D eigenvalue weighted by Gasteiger charge is 2.24. The molecule has 0 aliphatic heterocycles. The summed E-state index contributed by atoms with van der Waals surface area (Å²) in [5.41, 5.74) is 6.63. The third-order valence-electron chi connectivity index (χ3n) is 6.31. The first-order valence-corrected chi connectivity index (χ1v) is 14.5. The Morgan fingerprint density at radius 1 is 1.06 bits per heavy atom. The first kappa shape index (κ1) is 28.2. The van der Waals surface area contributed by atoms with Crippen molar-refractivity contribution in [1.82, 2.24) is 4.98 Å². The Morgan fingerprint density at radius 2 is 1.64 bits per heavy atom. The van der Waals surface area contributed by atoms with E-state index in [9.17, 15) is 14.1 Å². The Morgan fingerprint density at radius 3 is 2.11 bits per heavy atom. The second-order valence-corrected chi connectivity index (χ2v) is 13.5. The van der Waals surface area contributed by atoms with Crippen molar-refractivity contribution in [3.63, 3.8) is 0 Å². The van der Waals surface area contributed by atoms with Crippen LogP contribution in [0.5, 0.6) is 0 Å². The number of carbonyl (C=O) groups excluding carboxylic acids is 1. The largest absolute Gasteiger partial charge is 0.385 e. The molecule has 0 fully saturated rings. The topological polar surface area (TPSA) is 106 Å². The molecule has 0 saturated carbocycles. The Balaban J connectivity index is 2.05. The molecule has 1 atom stereocenters. The minimum atomic E-state index is -3.52. The summed E-state index contributed by atoms with van der Waals surface area (Å²) in [5.74, 6) is -0.204. The zero-order valence-electron chi connectivity index (χ0n) is 22.4. The molecule has 6 nitrogen and oxygen atoms in total. The maximum absolute atomic E-state index is 13.1. The number of hydrogen-bond acceptors (Lipinski definition) is 5. The number of amides is 1. The predicted molar refractivity (Wildman–Crippen MR) is 149 cm³/mol. The highest BCUT2D eigenvalue weighted by atomic mass is 32.2. The number of aromatic nitrogens is 1. The summed E-state index contributed by atoms with van der Waals surface area (Å²) in [6.45, 7) is 15.8. The van der Waals surface area contributed by atoms with Crippen LogP contribution in [-0.4, -0.2) is 20.2 Å². The predicted octanol–water partition coefficient (Wildman–Crippen LogP) is 6.37. The third kappa shape index (κ3) is 6.29. The molecule has 3 aromatic rings. The monoisotopic (exact) mass is 527 g/mol. The van der Waals surface area contributed by atoms with Gasteiger partial charge in [0.05, 0.1) is 16.9 Å². The van der Waals surface area contributed by atoms with Crippen molar-refractivity contribution in [3.05, 3.63) is 69.2 Å². The first-order valence-electron chi connectivity index (χ1n) is 12.1. The van der Waals surface area contributed by atoms with Gasteiger partial charge in [-0.25, -0.2) is 14.3 Å². The lowest BCUT2D eigenvalue weighted by atomic mass is 9.83. The van der Waals surface area contributed by atoms with Gasteiger partial charge in [0.25, 0.3) is 5.91 Å². The number of aliphatic hydroxyl groups is 1. The van der Waals surface area contributed by atoms with Crippen molar-refractivity contribution in [2.24, 2.45) is 9.50 Å². The molecule has 1 aromatic heterocycles. The zero-order valence-corrected chi connectivity index (χ0v) is 24.0.